The molecule has 2 N–H and O–H groups in total. The van der Waals surface area contributed by atoms with E-state index in [0.29, 0.717) is 16.8 Å². The second-order valence-corrected chi connectivity index (χ2v) is 5.23. The lowest BCUT2D eigenvalue weighted by molar-refractivity contribution is -0.683. The van der Waals surface area contributed by atoms with E-state index in [1.807, 2.05) is 0 Å². The number of nitrogens with zero attached hydrogens (tertiary/aromatic N) is 3. The van der Waals surface area contributed by atoms with Crippen LogP contribution in [-0.4, -0.2) is 15.9 Å². The predicted octanol–water partition coefficient (Wildman–Crippen LogP) is -0.488. The van der Waals surface area contributed by atoms with Gasteiger partial charge < -0.3 is 27.2 Å². The van der Waals surface area contributed by atoms with Crippen LogP contribution in [0.4, 0.5) is 18.9 Å². The van der Waals surface area contributed by atoms with Crippen molar-refractivity contribution in [2.24, 2.45) is 0 Å². The van der Waals surface area contributed by atoms with Crippen molar-refractivity contribution in [3.8, 4) is 11.4 Å². The molecule has 0 fully saturated rings. The zero-order valence-corrected chi connectivity index (χ0v) is 14.7. The fourth-order valence-electron chi connectivity index (χ4n) is 2.09. The first-order valence-electron chi connectivity index (χ1n) is 7.12. The summed E-state index contributed by atoms with van der Waals surface area (Å²) in [4.78, 5) is 15.5. The van der Waals surface area contributed by atoms with E-state index in [1.165, 1.54) is 24.3 Å². The fourth-order valence-corrected chi connectivity index (χ4v) is 2.09. The molecule has 0 spiro atoms. The van der Waals surface area contributed by atoms with Gasteiger partial charge in [0.15, 0.2) is 12.4 Å². The largest absolute Gasteiger partial charge is 1.00 e. The molecule has 0 bridgehead atoms. The molecular weight excluding hydrogens is 417 g/mol. The van der Waals surface area contributed by atoms with E-state index in [4.69, 9.17) is 5.73 Å². The Balaban J connectivity index is 0.00000243. The fraction of sp³-hybridized carbons (Fsp3) is 0.125. The number of carbonyl (C=O) groups is 1. The molecule has 0 saturated carbocycles. The number of ketones is 1. The van der Waals surface area contributed by atoms with Crippen LogP contribution < -0.4 is 27.3 Å². The normalized spacial score (nSPS) is 11.0. The van der Waals surface area contributed by atoms with Gasteiger partial charge in [-0.15, -0.1) is 0 Å². The van der Waals surface area contributed by atoms with Gasteiger partial charge in [-0.25, -0.2) is 0 Å². The van der Waals surface area contributed by atoms with Crippen molar-refractivity contribution >= 4 is 11.5 Å². The van der Waals surface area contributed by atoms with Crippen LogP contribution in [0, 0.1) is 0 Å². The summed E-state index contributed by atoms with van der Waals surface area (Å²) >= 11 is 0. The first-order valence-corrected chi connectivity index (χ1v) is 7.12. The molecule has 26 heavy (non-hydrogen) atoms. The molecule has 136 valence electrons. The quantitative estimate of drug-likeness (QED) is 0.447. The highest BCUT2D eigenvalue weighted by atomic mass is 79.9. The molecule has 0 atom stereocenters. The zero-order chi connectivity index (χ0) is 18.0. The Morgan fingerprint density at radius 3 is 2.27 bits per heavy atom. The van der Waals surface area contributed by atoms with Crippen LogP contribution in [0.3, 0.4) is 0 Å². The van der Waals surface area contributed by atoms with Gasteiger partial charge in [0.25, 0.3) is 0 Å². The number of hydrogen-bond acceptors (Lipinski definition) is 5. The minimum Gasteiger partial charge on any atom is -1.00 e. The second-order valence-electron chi connectivity index (χ2n) is 5.23. The van der Waals surface area contributed by atoms with Crippen molar-refractivity contribution in [2.45, 2.75) is 12.7 Å². The Kier molecular flexibility index (Phi) is 5.76. The van der Waals surface area contributed by atoms with Crippen molar-refractivity contribution in [2.75, 3.05) is 5.73 Å². The van der Waals surface area contributed by atoms with Crippen molar-refractivity contribution in [1.29, 1.82) is 0 Å². The molecule has 0 saturated heterocycles. The molecule has 3 aromatic rings. The Morgan fingerprint density at radius 2 is 1.73 bits per heavy atom. The van der Waals surface area contributed by atoms with Crippen molar-refractivity contribution in [3.05, 3.63) is 60.2 Å². The van der Waals surface area contributed by atoms with Gasteiger partial charge in [-0.2, -0.15) is 22.7 Å². The number of benzene rings is 1. The SMILES string of the molecule is Nc1cc[n+](CC(=O)c2ccc(-c3noc(C(F)(F)F)n3)cc2)cc1.[Br-]. The average molecular weight is 429 g/mol. The molecule has 0 aliphatic rings. The molecule has 3 rings (SSSR count). The third-order valence-electron chi connectivity index (χ3n) is 3.38. The van der Waals surface area contributed by atoms with Gasteiger partial charge in [0.1, 0.15) is 0 Å². The van der Waals surface area contributed by atoms with E-state index >= 15 is 0 Å². The van der Waals surface area contributed by atoms with E-state index in [1.54, 1.807) is 29.1 Å². The minimum absolute atomic E-state index is 0. The first-order chi connectivity index (χ1) is 11.8. The maximum Gasteiger partial charge on any atom is 0.471 e. The highest BCUT2D eigenvalue weighted by molar-refractivity contribution is 5.95. The number of Topliss-reactive ketones (excluding diaryl/α,β-unsaturated/α-hetero) is 1. The monoisotopic (exact) mass is 428 g/mol. The van der Waals surface area contributed by atoms with Crippen LogP contribution in [-0.2, 0) is 12.7 Å². The predicted molar refractivity (Wildman–Crippen MR) is 80.1 cm³/mol. The number of pyridine rings is 1. The van der Waals surface area contributed by atoms with Gasteiger partial charge in [-0.3, -0.25) is 4.79 Å². The van der Waals surface area contributed by atoms with Crippen molar-refractivity contribution < 1.29 is 44.0 Å². The number of aromatic nitrogens is 3. The number of hydrogen-bond donors (Lipinski definition) is 1. The number of halogens is 4. The number of anilines is 1. The number of nitrogens with two attached hydrogens (primary N) is 1. The standard InChI is InChI=1S/C16H11F3N4O2.BrH/c17-16(18,19)15-21-14(22-25-15)11-3-1-10(2-4-11)13(24)9-23-7-5-12(20)6-8-23;/h1-8,20H,9H2;1H. The first kappa shape index (κ1) is 19.6. The van der Waals surface area contributed by atoms with Crippen LogP contribution >= 0.6 is 0 Å². The molecule has 0 unspecified atom stereocenters. The summed E-state index contributed by atoms with van der Waals surface area (Å²) in [5.41, 5.74) is 6.90. The Labute approximate surface area is 156 Å². The molecule has 0 aliphatic carbocycles. The van der Waals surface area contributed by atoms with Crippen molar-refractivity contribution in [3.63, 3.8) is 0 Å². The highest BCUT2D eigenvalue weighted by Crippen LogP contribution is 2.29. The zero-order valence-electron chi connectivity index (χ0n) is 13.1. The molecular formula is C16H12BrF3N4O2. The molecule has 0 amide bonds. The number of nitrogen functional groups attached to an aromatic ring is 1. The number of alkyl halides is 3. The third kappa shape index (κ3) is 4.45. The summed E-state index contributed by atoms with van der Waals surface area (Å²) in [6, 6.07) is 9.27. The lowest BCUT2D eigenvalue weighted by Gasteiger charge is -2.00. The van der Waals surface area contributed by atoms with E-state index in [9.17, 15) is 18.0 Å². The lowest BCUT2D eigenvalue weighted by atomic mass is 10.1. The molecule has 0 radical (unpaired) electrons. The molecule has 2 heterocycles. The van der Waals surface area contributed by atoms with E-state index in [0.717, 1.165) is 0 Å². The van der Waals surface area contributed by atoms with Gasteiger partial charge >= 0.3 is 12.1 Å². The average Bonchev–Trinajstić information content (AvgIpc) is 3.07. The maximum absolute atomic E-state index is 12.5. The third-order valence-corrected chi connectivity index (χ3v) is 3.38. The Bertz CT molecular complexity index is 893. The maximum atomic E-state index is 12.5. The summed E-state index contributed by atoms with van der Waals surface area (Å²) in [5, 5.41) is 3.30. The van der Waals surface area contributed by atoms with Crippen LogP contribution in [0.2, 0.25) is 0 Å². The lowest BCUT2D eigenvalue weighted by Crippen LogP contribution is -3.00. The summed E-state index contributed by atoms with van der Waals surface area (Å²) in [7, 11) is 0. The molecule has 0 aliphatic heterocycles. The molecule has 2 aromatic heterocycles. The molecule has 6 nitrogen and oxygen atoms in total. The van der Waals surface area contributed by atoms with Crippen LogP contribution in [0.25, 0.3) is 11.4 Å². The van der Waals surface area contributed by atoms with Crippen LogP contribution in [0.15, 0.2) is 53.3 Å². The second kappa shape index (κ2) is 7.65. The summed E-state index contributed by atoms with van der Waals surface area (Å²) in [6.45, 7) is 0.111. The highest BCUT2D eigenvalue weighted by Gasteiger charge is 2.38. The Hall–Kier alpha value is -2.75. The van der Waals surface area contributed by atoms with Crippen LogP contribution in [0.5, 0.6) is 0 Å². The van der Waals surface area contributed by atoms with Gasteiger partial charge in [0.2, 0.25) is 18.2 Å². The van der Waals surface area contributed by atoms with Crippen molar-refractivity contribution in [1.82, 2.24) is 10.1 Å². The number of rotatable bonds is 4. The van der Waals surface area contributed by atoms with Gasteiger partial charge in [-0.05, 0) is 0 Å². The van der Waals surface area contributed by atoms with E-state index in [2.05, 4.69) is 14.7 Å². The Morgan fingerprint density at radius 1 is 1.12 bits per heavy atom. The van der Waals surface area contributed by atoms with Crippen LogP contribution in [0.1, 0.15) is 16.2 Å². The minimum atomic E-state index is -4.70. The topological polar surface area (TPSA) is 85.9 Å². The molecule has 10 heteroatoms. The van der Waals surface area contributed by atoms with Gasteiger partial charge in [0, 0.05) is 28.9 Å². The van der Waals surface area contributed by atoms with Gasteiger partial charge in [0.05, 0.1) is 0 Å². The summed E-state index contributed by atoms with van der Waals surface area (Å²) < 4.78 is 43.3. The molecule has 1 aromatic carbocycles. The summed E-state index contributed by atoms with van der Waals surface area (Å²) in [5.74, 6) is -1.77. The number of carbonyl (C=O) groups excluding carboxylic acids is 1. The van der Waals surface area contributed by atoms with E-state index < -0.39 is 12.1 Å². The van der Waals surface area contributed by atoms with E-state index in [-0.39, 0.29) is 35.1 Å². The smallest absolute Gasteiger partial charge is 0.471 e. The van der Waals surface area contributed by atoms with Gasteiger partial charge in [-0.1, -0.05) is 29.4 Å². The summed E-state index contributed by atoms with van der Waals surface area (Å²) in [6.07, 6.45) is -1.34.